The monoisotopic (exact) mass is 330 g/mol. The zero-order chi connectivity index (χ0) is 17.0. The van der Waals surface area contributed by atoms with Crippen molar-refractivity contribution in [1.82, 2.24) is 10.3 Å². The summed E-state index contributed by atoms with van der Waals surface area (Å²) < 4.78 is 4.70. The Bertz CT molecular complexity index is 767. The Morgan fingerprint density at radius 3 is 2.78 bits per heavy atom. The van der Waals surface area contributed by atoms with Crippen LogP contribution in [0.25, 0.3) is 11.1 Å². The molecule has 0 aliphatic heterocycles. The Morgan fingerprint density at radius 2 is 2.13 bits per heavy atom. The van der Waals surface area contributed by atoms with Gasteiger partial charge in [0.2, 0.25) is 0 Å². The third-order valence-electron chi connectivity index (χ3n) is 3.11. The van der Waals surface area contributed by atoms with E-state index in [9.17, 15) is 9.59 Å². The third kappa shape index (κ3) is 4.01. The highest BCUT2D eigenvalue weighted by atomic mass is 35.5. The highest BCUT2D eigenvalue weighted by molar-refractivity contribution is 6.30. The Kier molecular flexibility index (Phi) is 5.23. The van der Waals surface area contributed by atoms with E-state index >= 15 is 0 Å². The minimum atomic E-state index is -1.17. The highest BCUT2D eigenvalue weighted by Crippen LogP contribution is 2.29. The van der Waals surface area contributed by atoms with Gasteiger partial charge in [0.25, 0.3) is 5.91 Å². The van der Waals surface area contributed by atoms with Crippen molar-refractivity contribution >= 4 is 31.5 Å². The zero-order valence-corrected chi connectivity index (χ0v) is 12.9. The topological polar surface area (TPSA) is 88.5 Å². The molecule has 0 aliphatic carbocycles. The second-order valence-electron chi connectivity index (χ2n) is 4.72. The van der Waals surface area contributed by atoms with Gasteiger partial charge in [-0.15, -0.1) is 0 Å². The molecule has 1 amide bonds. The van der Waals surface area contributed by atoms with E-state index in [1.165, 1.54) is 6.20 Å². The van der Waals surface area contributed by atoms with Crippen LogP contribution in [-0.4, -0.2) is 36.6 Å². The minimum absolute atomic E-state index is 0.0322. The fourth-order valence-corrected chi connectivity index (χ4v) is 2.17. The molecule has 0 aliphatic rings. The molecule has 2 radical (unpaired) electrons. The number of carboxylic acids is 1. The van der Waals surface area contributed by atoms with Crippen molar-refractivity contribution in [3.63, 3.8) is 0 Å². The van der Waals surface area contributed by atoms with Crippen LogP contribution in [-0.2, 0) is 4.79 Å². The number of nitrogens with one attached hydrogen (secondary N) is 1. The van der Waals surface area contributed by atoms with Crippen LogP contribution in [0, 0.1) is 6.92 Å². The smallest absolute Gasteiger partial charge is 0.374 e. The molecule has 1 heterocycles. The zero-order valence-electron chi connectivity index (χ0n) is 12.2. The number of benzene rings is 1. The molecule has 0 atom stereocenters. The van der Waals surface area contributed by atoms with Gasteiger partial charge in [0.1, 0.15) is 12.3 Å². The van der Waals surface area contributed by atoms with Gasteiger partial charge in [-0.2, -0.15) is 0 Å². The first kappa shape index (κ1) is 16.8. The fourth-order valence-electron chi connectivity index (χ4n) is 2.00. The molecule has 6 nitrogen and oxygen atoms in total. The van der Waals surface area contributed by atoms with Gasteiger partial charge in [-0.05, 0) is 36.2 Å². The van der Waals surface area contributed by atoms with E-state index in [0.717, 1.165) is 11.1 Å². The second kappa shape index (κ2) is 7.15. The maximum absolute atomic E-state index is 11.9. The van der Waals surface area contributed by atoms with Crippen molar-refractivity contribution < 1.29 is 19.3 Å². The van der Waals surface area contributed by atoms with E-state index in [1.807, 2.05) is 13.0 Å². The van der Waals surface area contributed by atoms with Crippen LogP contribution in [0.15, 0.2) is 30.5 Å². The van der Waals surface area contributed by atoms with Gasteiger partial charge < -0.3 is 15.1 Å². The van der Waals surface area contributed by atoms with Crippen LogP contribution in [0.4, 0.5) is 0 Å². The molecular formula is C15H12BClN2O4. The lowest BCUT2D eigenvalue weighted by Crippen LogP contribution is -2.30. The molecule has 0 spiro atoms. The predicted molar refractivity (Wildman–Crippen MR) is 85.8 cm³/mol. The van der Waals surface area contributed by atoms with Gasteiger partial charge in [-0.3, -0.25) is 9.59 Å². The first-order chi connectivity index (χ1) is 10.9. The summed E-state index contributed by atoms with van der Waals surface area (Å²) in [5.74, 6) is -1.83. The number of amides is 1. The Hall–Kier alpha value is -2.54. The van der Waals surface area contributed by atoms with Crippen LogP contribution in [0.5, 0.6) is 5.75 Å². The van der Waals surface area contributed by atoms with Crippen LogP contribution in [0.2, 0.25) is 5.02 Å². The summed E-state index contributed by atoms with van der Waals surface area (Å²) in [6.45, 7) is 1.38. The van der Waals surface area contributed by atoms with E-state index in [-0.39, 0.29) is 11.4 Å². The summed E-state index contributed by atoms with van der Waals surface area (Å²) in [6, 6.07) is 6.93. The fraction of sp³-hybridized carbons (Fsp3) is 0.133. The molecule has 0 saturated heterocycles. The molecule has 23 heavy (non-hydrogen) atoms. The molecule has 2 rings (SSSR count). The maximum atomic E-state index is 11.9. The van der Waals surface area contributed by atoms with Crippen molar-refractivity contribution in [2.24, 2.45) is 0 Å². The molecule has 0 saturated carbocycles. The second-order valence-corrected chi connectivity index (χ2v) is 5.16. The number of aryl methyl sites for hydroxylation is 1. The van der Waals surface area contributed by atoms with Crippen LogP contribution < -0.4 is 9.97 Å². The summed E-state index contributed by atoms with van der Waals surface area (Å²) >= 11 is 6.00. The first-order valence-corrected chi connectivity index (χ1v) is 6.93. The SMILES string of the molecule is [B]Oc1cc(-c2cc(Cl)ccc2C)cnc1C(=O)NCC(=O)O. The minimum Gasteiger partial charge on any atom is -0.566 e. The number of pyridine rings is 1. The van der Waals surface area contributed by atoms with Crippen molar-refractivity contribution in [3.05, 3.63) is 46.7 Å². The standard InChI is InChI=1S/C15H12BClN2O4/c1-8-2-3-10(17)5-11(8)9-4-12(23-16)14(18-6-9)15(22)19-7-13(20)21/h2-6H,7H2,1H3,(H,19,22)(H,20,21). The Labute approximate surface area is 138 Å². The number of carbonyl (C=O) groups excluding carboxylic acids is 1. The number of aliphatic carboxylic acids is 1. The molecular weight excluding hydrogens is 318 g/mol. The maximum Gasteiger partial charge on any atom is 0.374 e. The quantitative estimate of drug-likeness (QED) is 0.819. The van der Waals surface area contributed by atoms with E-state index in [4.69, 9.17) is 29.4 Å². The summed E-state index contributed by atoms with van der Waals surface area (Å²) in [4.78, 5) is 26.4. The average molecular weight is 331 g/mol. The summed E-state index contributed by atoms with van der Waals surface area (Å²) in [6.07, 6.45) is 1.47. The van der Waals surface area contributed by atoms with Crippen molar-refractivity contribution in [1.29, 1.82) is 0 Å². The molecule has 0 fully saturated rings. The summed E-state index contributed by atoms with van der Waals surface area (Å²) in [5.41, 5.74) is 2.35. The molecule has 2 aromatic rings. The summed E-state index contributed by atoms with van der Waals surface area (Å²) in [5, 5.41) is 11.3. The molecule has 8 heteroatoms. The number of nitrogens with zero attached hydrogens (tertiary/aromatic N) is 1. The largest absolute Gasteiger partial charge is 0.566 e. The Balaban J connectivity index is 2.38. The van der Waals surface area contributed by atoms with Crippen LogP contribution in [0.1, 0.15) is 16.1 Å². The number of halogens is 1. The first-order valence-electron chi connectivity index (χ1n) is 6.55. The third-order valence-corrected chi connectivity index (χ3v) is 3.34. The van der Waals surface area contributed by atoms with Gasteiger partial charge in [0.15, 0.2) is 5.69 Å². The lowest BCUT2D eigenvalue weighted by molar-refractivity contribution is -0.135. The number of aromatic nitrogens is 1. The average Bonchev–Trinajstić information content (AvgIpc) is 2.54. The van der Waals surface area contributed by atoms with E-state index in [2.05, 4.69) is 10.3 Å². The van der Waals surface area contributed by atoms with Crippen LogP contribution in [0.3, 0.4) is 0 Å². The van der Waals surface area contributed by atoms with Crippen molar-refractivity contribution in [2.45, 2.75) is 6.92 Å². The molecule has 0 unspecified atom stereocenters. The number of hydrogen-bond donors (Lipinski definition) is 2. The number of carboxylic acid groups (broad SMARTS) is 1. The molecule has 0 bridgehead atoms. The van der Waals surface area contributed by atoms with Gasteiger partial charge in [-0.1, -0.05) is 17.7 Å². The van der Waals surface area contributed by atoms with E-state index in [0.29, 0.717) is 10.6 Å². The lowest BCUT2D eigenvalue weighted by atomic mass is 10.0. The Morgan fingerprint density at radius 1 is 1.39 bits per heavy atom. The number of rotatable bonds is 5. The molecule has 116 valence electrons. The highest BCUT2D eigenvalue weighted by Gasteiger charge is 2.16. The summed E-state index contributed by atoms with van der Waals surface area (Å²) in [7, 11) is 5.20. The predicted octanol–water partition coefficient (Wildman–Crippen LogP) is 1.99. The van der Waals surface area contributed by atoms with Crippen LogP contribution >= 0.6 is 11.6 Å². The van der Waals surface area contributed by atoms with E-state index in [1.54, 1.807) is 18.2 Å². The number of hydrogen-bond acceptors (Lipinski definition) is 4. The molecule has 2 N–H and O–H groups in total. The molecule has 1 aromatic carbocycles. The van der Waals surface area contributed by atoms with E-state index < -0.39 is 18.4 Å². The van der Waals surface area contributed by atoms with Gasteiger partial charge in [0, 0.05) is 16.8 Å². The van der Waals surface area contributed by atoms with Gasteiger partial charge in [0.05, 0.1) is 0 Å². The van der Waals surface area contributed by atoms with Crippen molar-refractivity contribution in [2.75, 3.05) is 6.54 Å². The lowest BCUT2D eigenvalue weighted by Gasteiger charge is -2.12. The molecule has 1 aromatic heterocycles. The van der Waals surface area contributed by atoms with Gasteiger partial charge in [-0.25, -0.2) is 4.98 Å². The number of carbonyl (C=O) groups is 2. The normalized spacial score (nSPS) is 10.2. The van der Waals surface area contributed by atoms with Crippen molar-refractivity contribution in [3.8, 4) is 16.9 Å². The van der Waals surface area contributed by atoms with Gasteiger partial charge >= 0.3 is 14.0 Å².